The zero-order valence-electron chi connectivity index (χ0n) is 17.6. The molecule has 0 aromatic heterocycles. The summed E-state index contributed by atoms with van der Waals surface area (Å²) in [5, 5.41) is 3.05. The van der Waals surface area contributed by atoms with Crippen LogP contribution in [0.1, 0.15) is 18.1 Å². The van der Waals surface area contributed by atoms with E-state index in [1.807, 2.05) is 31.2 Å². The molecule has 6 nitrogen and oxygen atoms in total. The zero-order chi connectivity index (χ0) is 20.6. The van der Waals surface area contributed by atoms with E-state index in [9.17, 15) is 4.79 Å². The fraction of sp³-hybridized carbons (Fsp3) is 0.435. The van der Waals surface area contributed by atoms with Gasteiger partial charge in [0.2, 0.25) is 5.91 Å². The lowest BCUT2D eigenvalue weighted by Crippen LogP contribution is -2.53. The van der Waals surface area contributed by atoms with Gasteiger partial charge in [-0.25, -0.2) is 0 Å². The van der Waals surface area contributed by atoms with Crippen molar-refractivity contribution in [2.45, 2.75) is 26.1 Å². The maximum atomic E-state index is 12.6. The average molecular weight is 398 g/mol. The minimum Gasteiger partial charge on any atom is -0.493 e. The molecule has 6 heteroatoms. The second-order valence-corrected chi connectivity index (χ2v) is 7.38. The number of hydrogen-bond donors (Lipinski definition) is 1. The molecule has 1 amide bonds. The first-order chi connectivity index (χ1) is 14.1. The lowest BCUT2D eigenvalue weighted by molar-refractivity contribution is -0.126. The maximum Gasteiger partial charge on any atom is 0.237 e. The summed E-state index contributed by atoms with van der Waals surface area (Å²) in [6.45, 7) is 7.17. The van der Waals surface area contributed by atoms with Gasteiger partial charge < -0.3 is 14.8 Å². The van der Waals surface area contributed by atoms with Gasteiger partial charge in [-0.15, -0.1) is 0 Å². The molecule has 0 spiro atoms. The van der Waals surface area contributed by atoms with Crippen LogP contribution in [0.4, 0.5) is 0 Å². The van der Waals surface area contributed by atoms with Crippen LogP contribution in [0, 0.1) is 0 Å². The summed E-state index contributed by atoms with van der Waals surface area (Å²) in [7, 11) is 3.22. The van der Waals surface area contributed by atoms with Gasteiger partial charge in [-0.1, -0.05) is 36.4 Å². The molecule has 29 heavy (non-hydrogen) atoms. The smallest absolute Gasteiger partial charge is 0.237 e. The highest BCUT2D eigenvalue weighted by molar-refractivity contribution is 5.81. The van der Waals surface area contributed by atoms with Gasteiger partial charge >= 0.3 is 0 Å². The molecule has 2 aromatic rings. The van der Waals surface area contributed by atoms with E-state index in [1.54, 1.807) is 14.2 Å². The SMILES string of the molecule is COc1ccc(CNC(=O)[C@@H](C)N2CCN(Cc3ccccc3)CC2)cc1OC. The summed E-state index contributed by atoms with van der Waals surface area (Å²) >= 11 is 0. The highest BCUT2D eigenvalue weighted by Crippen LogP contribution is 2.27. The van der Waals surface area contributed by atoms with E-state index in [-0.39, 0.29) is 11.9 Å². The van der Waals surface area contributed by atoms with Gasteiger partial charge in [0.25, 0.3) is 0 Å². The summed E-state index contributed by atoms with van der Waals surface area (Å²) in [6, 6.07) is 16.1. The Morgan fingerprint density at radius 2 is 1.66 bits per heavy atom. The third-order valence-electron chi connectivity index (χ3n) is 5.50. The normalized spacial score (nSPS) is 16.2. The van der Waals surface area contributed by atoms with Crippen LogP contribution in [-0.2, 0) is 17.9 Å². The lowest BCUT2D eigenvalue weighted by atomic mass is 10.1. The van der Waals surface area contributed by atoms with Crippen molar-refractivity contribution < 1.29 is 14.3 Å². The zero-order valence-corrected chi connectivity index (χ0v) is 17.6. The molecule has 1 heterocycles. The number of carbonyl (C=O) groups is 1. The Morgan fingerprint density at radius 3 is 2.31 bits per heavy atom. The van der Waals surface area contributed by atoms with Crippen LogP contribution in [0.15, 0.2) is 48.5 Å². The maximum absolute atomic E-state index is 12.6. The first-order valence-electron chi connectivity index (χ1n) is 10.1. The predicted molar refractivity (Wildman–Crippen MR) is 114 cm³/mol. The number of amides is 1. The molecule has 1 aliphatic heterocycles. The van der Waals surface area contributed by atoms with E-state index in [0.717, 1.165) is 38.3 Å². The summed E-state index contributed by atoms with van der Waals surface area (Å²) in [4.78, 5) is 17.3. The molecule has 1 saturated heterocycles. The predicted octanol–water partition coefficient (Wildman–Crippen LogP) is 2.53. The van der Waals surface area contributed by atoms with E-state index >= 15 is 0 Å². The Kier molecular flexibility index (Phi) is 7.49. The van der Waals surface area contributed by atoms with Crippen molar-refractivity contribution in [3.63, 3.8) is 0 Å². The topological polar surface area (TPSA) is 54.0 Å². The molecule has 0 unspecified atom stereocenters. The van der Waals surface area contributed by atoms with Gasteiger partial charge in [0, 0.05) is 39.3 Å². The molecule has 2 aromatic carbocycles. The molecular formula is C23H31N3O3. The largest absolute Gasteiger partial charge is 0.493 e. The van der Waals surface area contributed by atoms with Crippen LogP contribution in [0.25, 0.3) is 0 Å². The fourth-order valence-electron chi connectivity index (χ4n) is 3.64. The van der Waals surface area contributed by atoms with E-state index in [1.165, 1.54) is 5.56 Å². The molecule has 156 valence electrons. The molecule has 3 rings (SSSR count). The van der Waals surface area contributed by atoms with E-state index in [2.05, 4.69) is 39.4 Å². The summed E-state index contributed by atoms with van der Waals surface area (Å²) in [5.74, 6) is 1.41. The standard InChI is InChI=1S/C23H31N3O3/c1-18(23(27)24-16-20-9-10-21(28-2)22(15-20)29-3)26-13-11-25(12-14-26)17-19-7-5-4-6-8-19/h4-10,15,18H,11-14,16-17H2,1-3H3,(H,24,27)/t18-/m1/s1. The van der Waals surface area contributed by atoms with Crippen molar-refractivity contribution in [1.29, 1.82) is 0 Å². The third kappa shape index (κ3) is 5.71. The number of piperazine rings is 1. The van der Waals surface area contributed by atoms with Gasteiger partial charge in [0.05, 0.1) is 20.3 Å². The number of methoxy groups -OCH3 is 2. The Labute approximate surface area is 173 Å². The molecule has 1 fully saturated rings. The fourth-order valence-corrected chi connectivity index (χ4v) is 3.64. The Bertz CT molecular complexity index is 789. The lowest BCUT2D eigenvalue weighted by Gasteiger charge is -2.37. The molecule has 1 aliphatic rings. The minimum absolute atomic E-state index is 0.0521. The molecule has 0 saturated carbocycles. The number of nitrogens with one attached hydrogen (secondary N) is 1. The van der Waals surface area contributed by atoms with Gasteiger partial charge in [-0.3, -0.25) is 14.6 Å². The summed E-state index contributed by atoms with van der Waals surface area (Å²) < 4.78 is 10.6. The Hall–Kier alpha value is -2.57. The average Bonchev–Trinajstić information content (AvgIpc) is 2.78. The number of benzene rings is 2. The summed E-state index contributed by atoms with van der Waals surface area (Å²) in [5.41, 5.74) is 2.32. The van der Waals surface area contributed by atoms with Crippen molar-refractivity contribution in [2.24, 2.45) is 0 Å². The molecule has 1 atom stereocenters. The van der Waals surface area contributed by atoms with Gasteiger partial charge in [-0.2, -0.15) is 0 Å². The Morgan fingerprint density at radius 1 is 0.966 bits per heavy atom. The minimum atomic E-state index is -0.144. The number of ether oxygens (including phenoxy) is 2. The van der Waals surface area contributed by atoms with Crippen LogP contribution in [-0.4, -0.2) is 62.1 Å². The van der Waals surface area contributed by atoms with Crippen molar-refractivity contribution >= 4 is 5.91 Å². The van der Waals surface area contributed by atoms with Crippen molar-refractivity contribution in [1.82, 2.24) is 15.1 Å². The monoisotopic (exact) mass is 397 g/mol. The second-order valence-electron chi connectivity index (χ2n) is 7.38. The van der Waals surface area contributed by atoms with Crippen molar-refractivity contribution in [3.8, 4) is 11.5 Å². The van der Waals surface area contributed by atoms with E-state index in [0.29, 0.717) is 18.0 Å². The van der Waals surface area contributed by atoms with Gasteiger partial charge in [0.15, 0.2) is 11.5 Å². The number of rotatable bonds is 8. The van der Waals surface area contributed by atoms with Crippen LogP contribution >= 0.6 is 0 Å². The first-order valence-corrected chi connectivity index (χ1v) is 10.1. The second kappa shape index (κ2) is 10.3. The molecule has 0 aliphatic carbocycles. The first kappa shape index (κ1) is 21.1. The molecular weight excluding hydrogens is 366 g/mol. The quantitative estimate of drug-likeness (QED) is 0.742. The number of carbonyl (C=O) groups excluding carboxylic acids is 1. The Balaban J connectivity index is 1.46. The number of nitrogens with zero attached hydrogens (tertiary/aromatic N) is 2. The van der Waals surface area contributed by atoms with Crippen LogP contribution < -0.4 is 14.8 Å². The van der Waals surface area contributed by atoms with E-state index < -0.39 is 0 Å². The molecule has 0 radical (unpaired) electrons. The highest BCUT2D eigenvalue weighted by atomic mass is 16.5. The molecule has 1 N–H and O–H groups in total. The van der Waals surface area contributed by atoms with Gasteiger partial charge in [0.1, 0.15) is 0 Å². The van der Waals surface area contributed by atoms with Crippen LogP contribution in [0.3, 0.4) is 0 Å². The third-order valence-corrected chi connectivity index (χ3v) is 5.50. The molecule has 0 bridgehead atoms. The van der Waals surface area contributed by atoms with Gasteiger partial charge in [-0.05, 0) is 30.2 Å². The van der Waals surface area contributed by atoms with E-state index in [4.69, 9.17) is 9.47 Å². The van der Waals surface area contributed by atoms with Crippen LogP contribution in [0.2, 0.25) is 0 Å². The highest BCUT2D eigenvalue weighted by Gasteiger charge is 2.25. The van der Waals surface area contributed by atoms with Crippen LogP contribution in [0.5, 0.6) is 11.5 Å². The summed E-state index contributed by atoms with van der Waals surface area (Å²) in [6.07, 6.45) is 0. The van der Waals surface area contributed by atoms with Crippen molar-refractivity contribution in [3.05, 3.63) is 59.7 Å². The van der Waals surface area contributed by atoms with Crippen molar-refractivity contribution in [2.75, 3.05) is 40.4 Å². The number of hydrogen-bond acceptors (Lipinski definition) is 5.